The molecular formula is C27H25ClFN3OS. The van der Waals surface area contributed by atoms with Crippen LogP contribution in [0.5, 0.6) is 0 Å². The summed E-state index contributed by atoms with van der Waals surface area (Å²) >= 11 is 7.96. The zero-order valence-corrected chi connectivity index (χ0v) is 20.4. The first-order valence-corrected chi connectivity index (χ1v) is 12.7. The van der Waals surface area contributed by atoms with E-state index in [1.54, 1.807) is 23.5 Å². The van der Waals surface area contributed by atoms with Crippen molar-refractivity contribution in [3.8, 4) is 22.0 Å². The molecule has 174 valence electrons. The standard InChI is InChI=1S/C27H25ClFN3OS/c1-17-22(26(33)30-15-18-10-12-19(29)13-11-18)14-25(32(17)20-6-2-3-7-20)24-16-34-27(31-24)21-8-4-5-9-23(21)28/h4-5,8-14,16,20H,2-3,6-7,15H2,1H3,(H,30,33). The summed E-state index contributed by atoms with van der Waals surface area (Å²) in [6, 6.07) is 16.2. The average Bonchev–Trinajstić information content (AvgIpc) is 3.59. The van der Waals surface area contributed by atoms with Gasteiger partial charge < -0.3 is 9.88 Å². The van der Waals surface area contributed by atoms with Gasteiger partial charge in [-0.1, -0.05) is 54.8 Å². The monoisotopic (exact) mass is 493 g/mol. The predicted octanol–water partition coefficient (Wildman–Crippen LogP) is 7.42. The van der Waals surface area contributed by atoms with Crippen LogP contribution in [-0.4, -0.2) is 15.5 Å². The molecule has 4 nitrogen and oxygen atoms in total. The van der Waals surface area contributed by atoms with Crippen LogP contribution in [-0.2, 0) is 6.54 Å². The molecule has 1 saturated carbocycles. The third-order valence-corrected chi connectivity index (χ3v) is 7.67. The van der Waals surface area contributed by atoms with E-state index in [0.29, 0.717) is 23.2 Å². The summed E-state index contributed by atoms with van der Waals surface area (Å²) in [7, 11) is 0. The summed E-state index contributed by atoms with van der Waals surface area (Å²) in [6.07, 6.45) is 4.58. The Morgan fingerprint density at radius 2 is 1.91 bits per heavy atom. The quantitative estimate of drug-likeness (QED) is 0.303. The number of carbonyl (C=O) groups excluding carboxylic acids is 1. The summed E-state index contributed by atoms with van der Waals surface area (Å²) in [6.45, 7) is 2.35. The van der Waals surface area contributed by atoms with Gasteiger partial charge in [0.05, 0.1) is 22.0 Å². The van der Waals surface area contributed by atoms with Crippen molar-refractivity contribution in [1.82, 2.24) is 14.9 Å². The van der Waals surface area contributed by atoms with E-state index in [4.69, 9.17) is 16.6 Å². The Balaban J connectivity index is 1.47. The van der Waals surface area contributed by atoms with Crippen molar-refractivity contribution in [2.45, 2.75) is 45.2 Å². The topological polar surface area (TPSA) is 46.9 Å². The molecule has 5 rings (SSSR count). The van der Waals surface area contributed by atoms with E-state index in [2.05, 4.69) is 9.88 Å². The van der Waals surface area contributed by atoms with E-state index in [0.717, 1.165) is 46.1 Å². The molecule has 4 aromatic rings. The van der Waals surface area contributed by atoms with Crippen LogP contribution in [0.4, 0.5) is 4.39 Å². The van der Waals surface area contributed by atoms with Crippen LogP contribution in [0.2, 0.25) is 5.02 Å². The van der Waals surface area contributed by atoms with Crippen LogP contribution in [0.15, 0.2) is 60.0 Å². The molecule has 0 atom stereocenters. The Bertz CT molecular complexity index is 1320. The predicted molar refractivity (Wildman–Crippen MR) is 136 cm³/mol. The molecule has 0 saturated heterocycles. The highest BCUT2D eigenvalue weighted by molar-refractivity contribution is 7.13. The lowest BCUT2D eigenvalue weighted by molar-refractivity contribution is 0.0950. The van der Waals surface area contributed by atoms with Gasteiger partial charge in [-0.05, 0) is 49.6 Å². The van der Waals surface area contributed by atoms with Crippen molar-refractivity contribution >= 4 is 28.8 Å². The fourth-order valence-electron chi connectivity index (χ4n) is 4.71. The maximum Gasteiger partial charge on any atom is 0.253 e. The number of rotatable bonds is 6. The Morgan fingerprint density at radius 3 is 2.65 bits per heavy atom. The first-order chi connectivity index (χ1) is 16.5. The number of nitrogens with one attached hydrogen (secondary N) is 1. The number of benzene rings is 2. The molecule has 2 aromatic carbocycles. The second-order valence-electron chi connectivity index (χ2n) is 8.66. The van der Waals surface area contributed by atoms with Gasteiger partial charge in [-0.15, -0.1) is 11.3 Å². The molecule has 2 aromatic heterocycles. The van der Waals surface area contributed by atoms with Crippen LogP contribution < -0.4 is 5.32 Å². The molecule has 7 heteroatoms. The molecule has 0 unspecified atom stereocenters. The van der Waals surface area contributed by atoms with E-state index in [9.17, 15) is 9.18 Å². The fourth-order valence-corrected chi connectivity index (χ4v) is 5.84. The zero-order valence-electron chi connectivity index (χ0n) is 18.9. The second kappa shape index (κ2) is 9.72. The second-order valence-corrected chi connectivity index (χ2v) is 9.93. The van der Waals surface area contributed by atoms with Gasteiger partial charge in [0.1, 0.15) is 10.8 Å². The smallest absolute Gasteiger partial charge is 0.253 e. The molecule has 0 aliphatic heterocycles. The molecule has 2 heterocycles. The lowest BCUT2D eigenvalue weighted by Crippen LogP contribution is -2.23. The number of amides is 1. The minimum Gasteiger partial charge on any atom is -0.348 e. The Labute approximate surface area is 207 Å². The molecule has 0 bridgehead atoms. The van der Waals surface area contributed by atoms with E-state index >= 15 is 0 Å². The van der Waals surface area contributed by atoms with Crippen LogP contribution in [0.1, 0.15) is 53.3 Å². The van der Waals surface area contributed by atoms with Gasteiger partial charge in [0, 0.05) is 29.2 Å². The maximum absolute atomic E-state index is 13.2. The molecule has 34 heavy (non-hydrogen) atoms. The minimum atomic E-state index is -0.288. The van der Waals surface area contributed by atoms with Crippen LogP contribution in [0.25, 0.3) is 22.0 Å². The van der Waals surface area contributed by atoms with Crippen molar-refractivity contribution in [3.05, 3.63) is 87.6 Å². The van der Waals surface area contributed by atoms with Crippen molar-refractivity contribution in [1.29, 1.82) is 0 Å². The Morgan fingerprint density at radius 1 is 1.18 bits per heavy atom. The molecule has 0 radical (unpaired) electrons. The van der Waals surface area contributed by atoms with Gasteiger partial charge in [0.15, 0.2) is 0 Å². The summed E-state index contributed by atoms with van der Waals surface area (Å²) in [5, 5.41) is 6.56. The lowest BCUT2D eigenvalue weighted by atomic mass is 10.2. The number of carbonyl (C=O) groups is 1. The van der Waals surface area contributed by atoms with Gasteiger partial charge in [-0.25, -0.2) is 9.37 Å². The molecule has 1 N–H and O–H groups in total. The van der Waals surface area contributed by atoms with Crippen LogP contribution in [0, 0.1) is 12.7 Å². The Hall–Kier alpha value is -2.96. The van der Waals surface area contributed by atoms with Crippen molar-refractivity contribution in [3.63, 3.8) is 0 Å². The fraction of sp³-hybridized carbons (Fsp3) is 0.259. The van der Waals surface area contributed by atoms with E-state index < -0.39 is 0 Å². The highest BCUT2D eigenvalue weighted by atomic mass is 35.5. The Kier molecular flexibility index (Phi) is 6.53. The first-order valence-electron chi connectivity index (χ1n) is 11.5. The third-order valence-electron chi connectivity index (χ3n) is 6.46. The molecule has 1 aliphatic rings. The van der Waals surface area contributed by atoms with Crippen LogP contribution >= 0.6 is 22.9 Å². The maximum atomic E-state index is 13.2. The zero-order chi connectivity index (χ0) is 23.7. The lowest BCUT2D eigenvalue weighted by Gasteiger charge is -2.18. The van der Waals surface area contributed by atoms with E-state index in [-0.39, 0.29) is 11.7 Å². The molecule has 1 amide bonds. The van der Waals surface area contributed by atoms with Gasteiger partial charge >= 0.3 is 0 Å². The highest BCUT2D eigenvalue weighted by Crippen LogP contribution is 2.39. The van der Waals surface area contributed by atoms with Gasteiger partial charge in [0.2, 0.25) is 0 Å². The first kappa shape index (κ1) is 22.8. The minimum absolute atomic E-state index is 0.138. The van der Waals surface area contributed by atoms with Gasteiger partial charge in [-0.3, -0.25) is 4.79 Å². The molecule has 1 fully saturated rings. The molecule has 0 spiro atoms. The largest absolute Gasteiger partial charge is 0.348 e. The number of thiazole rings is 1. The summed E-state index contributed by atoms with van der Waals surface area (Å²) < 4.78 is 15.5. The van der Waals surface area contributed by atoms with Gasteiger partial charge in [-0.2, -0.15) is 0 Å². The normalized spacial score (nSPS) is 14.0. The van der Waals surface area contributed by atoms with E-state index in [1.165, 1.54) is 25.0 Å². The highest BCUT2D eigenvalue weighted by Gasteiger charge is 2.26. The SMILES string of the molecule is Cc1c(C(=O)NCc2ccc(F)cc2)cc(-c2csc(-c3ccccc3Cl)n2)n1C1CCCC1. The third kappa shape index (κ3) is 4.52. The van der Waals surface area contributed by atoms with Gasteiger partial charge in [0.25, 0.3) is 5.91 Å². The van der Waals surface area contributed by atoms with Crippen molar-refractivity contribution < 1.29 is 9.18 Å². The number of aromatic nitrogens is 2. The van der Waals surface area contributed by atoms with E-state index in [1.807, 2.05) is 42.6 Å². The number of nitrogens with zero attached hydrogens (tertiary/aromatic N) is 2. The summed E-state index contributed by atoms with van der Waals surface area (Å²) in [5.74, 6) is -0.426. The number of hydrogen-bond acceptors (Lipinski definition) is 3. The van der Waals surface area contributed by atoms with Crippen LogP contribution in [0.3, 0.4) is 0 Å². The number of hydrogen-bond donors (Lipinski definition) is 1. The molecule has 1 aliphatic carbocycles. The van der Waals surface area contributed by atoms with Crippen molar-refractivity contribution in [2.24, 2.45) is 0 Å². The number of halogens is 2. The summed E-state index contributed by atoms with van der Waals surface area (Å²) in [4.78, 5) is 18.1. The summed E-state index contributed by atoms with van der Waals surface area (Å²) in [5.41, 5.74) is 5.18. The average molecular weight is 494 g/mol. The molecular weight excluding hydrogens is 469 g/mol. The van der Waals surface area contributed by atoms with Crippen molar-refractivity contribution in [2.75, 3.05) is 0 Å².